The summed E-state index contributed by atoms with van der Waals surface area (Å²) in [6, 6.07) is 7.05. The fourth-order valence-corrected chi connectivity index (χ4v) is 2.75. The van der Waals surface area contributed by atoms with E-state index in [1.807, 2.05) is 25.1 Å². The molecule has 1 aromatic carbocycles. The smallest absolute Gasteiger partial charge is 0.148 e. The quantitative estimate of drug-likeness (QED) is 0.656. The summed E-state index contributed by atoms with van der Waals surface area (Å²) in [5, 5.41) is 21.8. The lowest BCUT2D eigenvalue weighted by molar-refractivity contribution is -1.09. The summed E-state index contributed by atoms with van der Waals surface area (Å²) in [6.45, 7) is 1.95. The molecule has 1 heterocycles. The van der Waals surface area contributed by atoms with Gasteiger partial charge in [-0.3, -0.25) is 4.98 Å². The van der Waals surface area contributed by atoms with E-state index in [0.29, 0.717) is 6.42 Å². The van der Waals surface area contributed by atoms with Crippen molar-refractivity contribution in [3.05, 3.63) is 36.0 Å². The maximum atomic E-state index is 10.7. The summed E-state index contributed by atoms with van der Waals surface area (Å²) in [7, 11) is 4.94. The van der Waals surface area contributed by atoms with Gasteiger partial charge in [0.25, 0.3) is 0 Å². The molecule has 0 saturated carbocycles. The van der Waals surface area contributed by atoms with Gasteiger partial charge in [-0.25, -0.2) is 5.21 Å². The molecular formula is C16H23N2O3+. The first-order valence-corrected chi connectivity index (χ1v) is 7.05. The van der Waals surface area contributed by atoms with Gasteiger partial charge in [0, 0.05) is 18.0 Å². The lowest BCUT2D eigenvalue weighted by Crippen LogP contribution is -2.48. The number of rotatable bonds is 5. The number of aliphatic hydroxyl groups is 1. The van der Waals surface area contributed by atoms with Crippen molar-refractivity contribution >= 4 is 10.9 Å². The summed E-state index contributed by atoms with van der Waals surface area (Å²) < 4.78 is 4.96. The normalized spacial score (nSPS) is 15.0. The number of ether oxygens (including phenoxy) is 1. The SMILES string of the molecule is CCC(C(O)c1ccnc2ccc(OC)cc12)[N+](C)(C)O. The average molecular weight is 291 g/mol. The van der Waals surface area contributed by atoms with Gasteiger partial charge in [-0.15, -0.1) is 0 Å². The molecule has 0 radical (unpaired) electrons. The Bertz CT molecular complexity index is 622. The van der Waals surface area contributed by atoms with E-state index in [9.17, 15) is 10.3 Å². The molecule has 0 saturated heterocycles. The van der Waals surface area contributed by atoms with Crippen LogP contribution in [0.25, 0.3) is 10.9 Å². The molecule has 0 bridgehead atoms. The van der Waals surface area contributed by atoms with Crippen LogP contribution in [-0.2, 0) is 0 Å². The molecule has 0 amide bonds. The van der Waals surface area contributed by atoms with E-state index < -0.39 is 6.10 Å². The molecule has 114 valence electrons. The lowest BCUT2D eigenvalue weighted by Gasteiger charge is -2.33. The summed E-state index contributed by atoms with van der Waals surface area (Å²) >= 11 is 0. The van der Waals surface area contributed by atoms with Gasteiger partial charge in [-0.1, -0.05) is 6.92 Å². The van der Waals surface area contributed by atoms with Crippen molar-refractivity contribution in [3.8, 4) is 5.75 Å². The zero-order valence-corrected chi connectivity index (χ0v) is 12.9. The van der Waals surface area contributed by atoms with Crippen LogP contribution in [0.5, 0.6) is 5.75 Å². The molecule has 1 aromatic heterocycles. The zero-order valence-electron chi connectivity index (χ0n) is 12.9. The first-order chi connectivity index (χ1) is 9.88. The second-order valence-electron chi connectivity index (χ2n) is 5.68. The van der Waals surface area contributed by atoms with Gasteiger partial charge in [-0.2, -0.15) is 4.65 Å². The Labute approximate surface area is 125 Å². The van der Waals surface area contributed by atoms with E-state index in [2.05, 4.69) is 4.98 Å². The van der Waals surface area contributed by atoms with Gasteiger partial charge < -0.3 is 9.84 Å². The van der Waals surface area contributed by atoms with Crippen LogP contribution < -0.4 is 4.74 Å². The second-order valence-corrected chi connectivity index (χ2v) is 5.68. The van der Waals surface area contributed by atoms with Crippen molar-refractivity contribution in [2.45, 2.75) is 25.5 Å². The van der Waals surface area contributed by atoms with E-state index in [1.54, 1.807) is 33.5 Å². The van der Waals surface area contributed by atoms with Crippen molar-refractivity contribution in [1.82, 2.24) is 4.98 Å². The van der Waals surface area contributed by atoms with E-state index >= 15 is 0 Å². The van der Waals surface area contributed by atoms with Crippen molar-refractivity contribution in [3.63, 3.8) is 0 Å². The molecule has 2 unspecified atom stereocenters. The highest BCUT2D eigenvalue weighted by atomic mass is 16.5. The van der Waals surface area contributed by atoms with Gasteiger partial charge >= 0.3 is 0 Å². The van der Waals surface area contributed by atoms with Crippen molar-refractivity contribution in [2.75, 3.05) is 21.2 Å². The highest BCUT2D eigenvalue weighted by molar-refractivity contribution is 5.83. The number of aromatic nitrogens is 1. The van der Waals surface area contributed by atoms with Crippen LogP contribution in [0.15, 0.2) is 30.5 Å². The third-order valence-electron chi connectivity index (χ3n) is 3.90. The molecule has 0 aliphatic carbocycles. The minimum absolute atomic E-state index is 0.286. The zero-order chi connectivity index (χ0) is 15.6. The Kier molecular flexibility index (Phi) is 4.46. The van der Waals surface area contributed by atoms with Crippen molar-refractivity contribution < 1.29 is 19.7 Å². The third kappa shape index (κ3) is 3.15. The molecule has 0 fully saturated rings. The first kappa shape index (κ1) is 15.7. The lowest BCUT2D eigenvalue weighted by atomic mass is 9.96. The van der Waals surface area contributed by atoms with Crippen LogP contribution in [0, 0.1) is 0 Å². The number of quaternary nitrogens is 1. The number of hydrogen-bond acceptors (Lipinski definition) is 4. The summed E-state index contributed by atoms with van der Waals surface area (Å²) in [5.74, 6) is 0.717. The van der Waals surface area contributed by atoms with Crippen LogP contribution in [0.2, 0.25) is 0 Å². The van der Waals surface area contributed by atoms with E-state index in [1.165, 1.54) is 0 Å². The molecule has 0 aliphatic heterocycles. The number of nitrogens with zero attached hydrogens (tertiary/aromatic N) is 2. The van der Waals surface area contributed by atoms with Gasteiger partial charge in [0.1, 0.15) is 17.9 Å². The Morgan fingerprint density at radius 2 is 2.00 bits per heavy atom. The third-order valence-corrected chi connectivity index (χ3v) is 3.90. The maximum Gasteiger partial charge on any atom is 0.148 e. The molecule has 2 aromatic rings. The van der Waals surface area contributed by atoms with E-state index in [-0.39, 0.29) is 10.7 Å². The highest BCUT2D eigenvalue weighted by Gasteiger charge is 2.34. The standard InChI is InChI=1S/C16H23N2O3/c1-5-15(18(2,3)20)16(19)12-8-9-17-14-7-6-11(21-4)10-13(12)14/h6-10,15-16,19-20H,5H2,1-4H3/q+1. The van der Waals surface area contributed by atoms with E-state index in [0.717, 1.165) is 22.2 Å². The Morgan fingerprint density at radius 3 is 2.57 bits per heavy atom. The number of aliphatic hydroxyl groups excluding tert-OH is 1. The largest absolute Gasteiger partial charge is 0.497 e. The van der Waals surface area contributed by atoms with Crippen molar-refractivity contribution in [1.29, 1.82) is 0 Å². The minimum atomic E-state index is -0.785. The van der Waals surface area contributed by atoms with Crippen LogP contribution in [0.1, 0.15) is 25.0 Å². The fraction of sp³-hybridized carbons (Fsp3) is 0.438. The molecule has 5 heteroatoms. The molecule has 21 heavy (non-hydrogen) atoms. The van der Waals surface area contributed by atoms with Crippen LogP contribution in [0.3, 0.4) is 0 Å². The number of fused-ring (bicyclic) bond motifs is 1. The average Bonchev–Trinajstić information content (AvgIpc) is 2.45. The topological polar surface area (TPSA) is 62.6 Å². The van der Waals surface area contributed by atoms with Crippen LogP contribution in [-0.4, -0.2) is 47.2 Å². The van der Waals surface area contributed by atoms with Gasteiger partial charge in [0.2, 0.25) is 0 Å². The molecular weight excluding hydrogens is 268 g/mol. The van der Waals surface area contributed by atoms with Crippen LogP contribution in [0.4, 0.5) is 0 Å². The summed E-state index contributed by atoms with van der Waals surface area (Å²) in [5.41, 5.74) is 1.55. The predicted molar refractivity (Wildman–Crippen MR) is 81.2 cm³/mol. The summed E-state index contributed by atoms with van der Waals surface area (Å²) in [6.07, 6.45) is 1.54. The maximum absolute atomic E-state index is 10.7. The van der Waals surface area contributed by atoms with Crippen molar-refractivity contribution in [2.24, 2.45) is 0 Å². The Hall–Kier alpha value is -1.69. The molecule has 0 spiro atoms. The first-order valence-electron chi connectivity index (χ1n) is 7.05. The number of hydroxylamine groups is 3. The minimum Gasteiger partial charge on any atom is -0.497 e. The summed E-state index contributed by atoms with van der Waals surface area (Å²) in [4.78, 5) is 4.31. The second kappa shape index (κ2) is 5.97. The fourth-order valence-electron chi connectivity index (χ4n) is 2.75. The molecule has 2 N–H and O–H groups in total. The van der Waals surface area contributed by atoms with E-state index in [4.69, 9.17) is 4.74 Å². The molecule has 2 rings (SSSR count). The molecule has 2 atom stereocenters. The predicted octanol–water partition coefficient (Wildman–Crippen LogP) is 2.52. The van der Waals surface area contributed by atoms with Gasteiger partial charge in [-0.05, 0) is 29.8 Å². The van der Waals surface area contributed by atoms with Gasteiger partial charge in [0.15, 0.2) is 0 Å². The monoisotopic (exact) mass is 291 g/mol. The Balaban J connectivity index is 2.54. The number of methoxy groups -OCH3 is 1. The Morgan fingerprint density at radius 1 is 1.29 bits per heavy atom. The molecule has 0 aliphatic rings. The molecule has 5 nitrogen and oxygen atoms in total. The highest BCUT2D eigenvalue weighted by Crippen LogP contribution is 2.31. The number of likely N-dealkylation sites (N-methyl/N-ethyl adjacent to an activating group) is 1. The number of benzene rings is 1. The number of hydrogen-bond donors (Lipinski definition) is 2. The van der Waals surface area contributed by atoms with Crippen LogP contribution >= 0.6 is 0 Å². The number of pyridine rings is 1. The van der Waals surface area contributed by atoms with Gasteiger partial charge in [0.05, 0.1) is 26.7 Å².